The summed E-state index contributed by atoms with van der Waals surface area (Å²) in [6.07, 6.45) is -6.01. The molecule has 14 heteroatoms. The predicted octanol–water partition coefficient (Wildman–Crippen LogP) is 5.89. The molecule has 0 bridgehead atoms. The van der Waals surface area contributed by atoms with Gasteiger partial charge in [-0.05, 0) is 42.0 Å². The second-order valence-corrected chi connectivity index (χ2v) is 10.9. The van der Waals surface area contributed by atoms with Crippen LogP contribution in [0.15, 0.2) is 65.6 Å². The highest BCUT2D eigenvalue weighted by Crippen LogP contribution is 2.42. The number of halogens is 7. The fourth-order valence-electron chi connectivity index (χ4n) is 3.86. The SMILES string of the molecule is CC(F)(F)C(=O)NCC1CN(S(=O)(=O)c2cccc(C(F)(F)F)c2)c2cc(-c3cccc(F)c3Cl)ccc2O1. The Labute approximate surface area is 224 Å². The lowest BCUT2D eigenvalue weighted by molar-refractivity contribution is -0.143. The summed E-state index contributed by atoms with van der Waals surface area (Å²) in [5, 5.41) is 1.72. The van der Waals surface area contributed by atoms with Crippen molar-refractivity contribution in [3.8, 4) is 16.9 Å². The van der Waals surface area contributed by atoms with Gasteiger partial charge < -0.3 is 10.1 Å². The highest BCUT2D eigenvalue weighted by Gasteiger charge is 2.38. The lowest BCUT2D eigenvalue weighted by Crippen LogP contribution is -2.50. The number of carbonyl (C=O) groups is 1. The molecule has 1 N–H and O–H groups in total. The molecule has 1 aliphatic rings. The molecule has 1 aliphatic heterocycles. The molecular formula is C25H19ClF6N2O4S. The molecule has 6 nitrogen and oxygen atoms in total. The molecule has 0 fully saturated rings. The molecule has 0 radical (unpaired) electrons. The van der Waals surface area contributed by atoms with E-state index in [9.17, 15) is 39.6 Å². The van der Waals surface area contributed by atoms with Crippen LogP contribution in [-0.2, 0) is 21.0 Å². The Balaban J connectivity index is 1.80. The van der Waals surface area contributed by atoms with Gasteiger partial charge in [-0.2, -0.15) is 22.0 Å². The minimum absolute atomic E-state index is 0.0735. The van der Waals surface area contributed by atoms with Crippen LogP contribution in [-0.4, -0.2) is 39.4 Å². The van der Waals surface area contributed by atoms with Crippen molar-refractivity contribution in [3.05, 3.63) is 77.1 Å². The van der Waals surface area contributed by atoms with E-state index < -0.39 is 63.5 Å². The van der Waals surface area contributed by atoms with Crippen LogP contribution in [0.2, 0.25) is 5.02 Å². The van der Waals surface area contributed by atoms with Crippen LogP contribution >= 0.6 is 11.6 Å². The summed E-state index contributed by atoms with van der Waals surface area (Å²) in [6, 6.07) is 11.1. The molecule has 0 spiro atoms. The summed E-state index contributed by atoms with van der Waals surface area (Å²) in [6.45, 7) is -0.710. The number of ether oxygens (including phenoxy) is 1. The van der Waals surface area contributed by atoms with E-state index in [1.165, 1.54) is 30.3 Å². The van der Waals surface area contributed by atoms with Gasteiger partial charge in [0.2, 0.25) is 0 Å². The lowest BCUT2D eigenvalue weighted by Gasteiger charge is -2.36. The summed E-state index contributed by atoms with van der Waals surface area (Å²) in [4.78, 5) is 11.0. The van der Waals surface area contributed by atoms with Crippen LogP contribution in [0.5, 0.6) is 5.75 Å². The molecule has 208 valence electrons. The molecule has 3 aromatic carbocycles. The first kappa shape index (κ1) is 28.6. The summed E-state index contributed by atoms with van der Waals surface area (Å²) in [7, 11) is -4.69. The summed E-state index contributed by atoms with van der Waals surface area (Å²) >= 11 is 6.08. The standard InChI is InChI=1S/C25H19ClF6N2O4S/c1-24(28,29)23(35)33-12-16-13-34(39(36,37)17-5-2-4-15(11-17)25(30,31)32)20-10-14(8-9-21(20)38-16)18-6-3-7-19(27)22(18)26/h2-11,16H,12-13H2,1H3,(H,33,35). The Kier molecular flexibility index (Phi) is 7.52. The maximum atomic E-state index is 14.1. The summed E-state index contributed by atoms with van der Waals surface area (Å²) < 4.78 is 114. The van der Waals surface area contributed by atoms with Gasteiger partial charge in [-0.15, -0.1) is 0 Å². The molecule has 1 unspecified atom stereocenters. The quantitative estimate of drug-likeness (QED) is 0.362. The summed E-state index contributed by atoms with van der Waals surface area (Å²) in [5.41, 5.74) is -0.848. The maximum absolute atomic E-state index is 14.1. The van der Waals surface area contributed by atoms with Crippen molar-refractivity contribution < 1.29 is 44.3 Å². The van der Waals surface area contributed by atoms with Gasteiger partial charge in [-0.1, -0.05) is 35.9 Å². The number of anilines is 1. The van der Waals surface area contributed by atoms with Gasteiger partial charge in [0.25, 0.3) is 15.9 Å². The number of nitrogens with zero attached hydrogens (tertiary/aromatic N) is 1. The third-order valence-electron chi connectivity index (χ3n) is 5.79. The Morgan fingerprint density at radius 2 is 1.77 bits per heavy atom. The first-order valence-electron chi connectivity index (χ1n) is 11.2. The highest BCUT2D eigenvalue weighted by molar-refractivity contribution is 7.92. The number of fused-ring (bicyclic) bond motifs is 1. The molecule has 3 aromatic rings. The number of nitrogens with one attached hydrogen (secondary N) is 1. The van der Waals surface area contributed by atoms with E-state index in [0.29, 0.717) is 19.1 Å². The minimum atomic E-state index is -4.83. The third-order valence-corrected chi connectivity index (χ3v) is 7.95. The number of amides is 1. The van der Waals surface area contributed by atoms with Crippen molar-refractivity contribution in [1.82, 2.24) is 5.32 Å². The van der Waals surface area contributed by atoms with Crippen molar-refractivity contribution in [2.45, 2.75) is 30.0 Å². The lowest BCUT2D eigenvalue weighted by atomic mass is 10.0. The van der Waals surface area contributed by atoms with Crippen molar-refractivity contribution >= 4 is 33.2 Å². The van der Waals surface area contributed by atoms with Gasteiger partial charge >= 0.3 is 12.1 Å². The molecule has 0 saturated heterocycles. The van der Waals surface area contributed by atoms with Gasteiger partial charge in [0.15, 0.2) is 0 Å². The zero-order valence-electron chi connectivity index (χ0n) is 19.9. The number of carbonyl (C=O) groups excluding carboxylic acids is 1. The molecule has 1 amide bonds. The monoisotopic (exact) mass is 592 g/mol. The van der Waals surface area contributed by atoms with E-state index in [1.54, 1.807) is 0 Å². The van der Waals surface area contributed by atoms with Crippen LogP contribution in [0.3, 0.4) is 0 Å². The van der Waals surface area contributed by atoms with Crippen LogP contribution in [0, 0.1) is 5.82 Å². The number of sulfonamides is 1. The van der Waals surface area contributed by atoms with Crippen molar-refractivity contribution in [2.24, 2.45) is 0 Å². The van der Waals surface area contributed by atoms with E-state index in [-0.39, 0.29) is 27.6 Å². The fourth-order valence-corrected chi connectivity index (χ4v) is 5.64. The Hall–Kier alpha value is -3.45. The van der Waals surface area contributed by atoms with Crippen molar-refractivity contribution in [3.63, 3.8) is 0 Å². The Bertz CT molecular complexity index is 1530. The highest BCUT2D eigenvalue weighted by atomic mass is 35.5. The minimum Gasteiger partial charge on any atom is -0.484 e. The molecule has 4 rings (SSSR count). The molecule has 0 aromatic heterocycles. The third kappa shape index (κ3) is 5.93. The van der Waals surface area contributed by atoms with E-state index in [1.807, 2.05) is 5.32 Å². The number of hydrogen-bond acceptors (Lipinski definition) is 4. The van der Waals surface area contributed by atoms with Crippen LogP contribution in [0.25, 0.3) is 11.1 Å². The van der Waals surface area contributed by atoms with Crippen molar-refractivity contribution in [2.75, 3.05) is 17.4 Å². The molecule has 39 heavy (non-hydrogen) atoms. The average molecular weight is 593 g/mol. The molecule has 1 atom stereocenters. The van der Waals surface area contributed by atoms with Crippen LogP contribution in [0.1, 0.15) is 12.5 Å². The average Bonchev–Trinajstić information content (AvgIpc) is 2.87. The molecular weight excluding hydrogens is 574 g/mol. The van der Waals surface area contributed by atoms with Gasteiger partial charge in [0.1, 0.15) is 17.7 Å². The largest absolute Gasteiger partial charge is 0.484 e. The van der Waals surface area contributed by atoms with Crippen LogP contribution in [0.4, 0.5) is 32.0 Å². The van der Waals surface area contributed by atoms with E-state index in [4.69, 9.17) is 16.3 Å². The van der Waals surface area contributed by atoms with E-state index in [0.717, 1.165) is 22.5 Å². The number of benzene rings is 3. The predicted molar refractivity (Wildman–Crippen MR) is 131 cm³/mol. The van der Waals surface area contributed by atoms with E-state index >= 15 is 0 Å². The second-order valence-electron chi connectivity index (χ2n) is 8.68. The van der Waals surface area contributed by atoms with Gasteiger partial charge in [0.05, 0.1) is 34.3 Å². The number of rotatable bonds is 6. The normalized spacial score (nSPS) is 15.9. The van der Waals surface area contributed by atoms with Gasteiger partial charge in [-0.3, -0.25) is 9.10 Å². The Morgan fingerprint density at radius 3 is 2.44 bits per heavy atom. The number of alkyl halides is 5. The van der Waals surface area contributed by atoms with Gasteiger partial charge in [0, 0.05) is 12.5 Å². The zero-order chi connectivity index (χ0) is 28.8. The fraction of sp³-hybridized carbons (Fsp3) is 0.240. The maximum Gasteiger partial charge on any atom is 0.416 e. The zero-order valence-corrected chi connectivity index (χ0v) is 21.5. The molecule has 0 aliphatic carbocycles. The smallest absolute Gasteiger partial charge is 0.416 e. The van der Waals surface area contributed by atoms with Crippen LogP contribution < -0.4 is 14.4 Å². The first-order valence-corrected chi connectivity index (χ1v) is 13.0. The first-order chi connectivity index (χ1) is 18.1. The molecule has 0 saturated carbocycles. The van der Waals surface area contributed by atoms with E-state index in [2.05, 4.69) is 0 Å². The van der Waals surface area contributed by atoms with Crippen molar-refractivity contribution in [1.29, 1.82) is 0 Å². The molecule has 1 heterocycles. The number of hydrogen-bond donors (Lipinski definition) is 1. The summed E-state index contributed by atoms with van der Waals surface area (Å²) in [5.74, 6) is -6.15. The topological polar surface area (TPSA) is 75.7 Å². The second kappa shape index (κ2) is 10.3. The Morgan fingerprint density at radius 1 is 1.08 bits per heavy atom. The van der Waals surface area contributed by atoms with Gasteiger partial charge in [-0.25, -0.2) is 12.8 Å².